The van der Waals surface area contributed by atoms with Crippen LogP contribution in [-0.2, 0) is 8.85 Å². The maximum Gasteiger partial charge on any atom is 0.327 e. The van der Waals surface area contributed by atoms with Crippen molar-refractivity contribution in [3.8, 4) is 0 Å². The minimum absolute atomic E-state index is 0.302. The highest BCUT2D eigenvalue weighted by Gasteiger charge is 2.50. The number of hydrogen-bond acceptors (Lipinski definition) is 2. The average Bonchev–Trinajstić information content (AvgIpc) is 2.19. The van der Waals surface area contributed by atoms with Gasteiger partial charge in [0.15, 0.2) is 0 Å². The third-order valence-electron chi connectivity index (χ3n) is 4.12. The van der Waals surface area contributed by atoms with Crippen LogP contribution >= 0.6 is 0 Å². The first-order chi connectivity index (χ1) is 6.98. The molecule has 0 aromatic heterocycles. The van der Waals surface area contributed by atoms with Gasteiger partial charge < -0.3 is 8.85 Å². The molecule has 0 saturated heterocycles. The van der Waals surface area contributed by atoms with Gasteiger partial charge in [-0.25, -0.2) is 0 Å². The molecule has 0 unspecified atom stereocenters. The Morgan fingerprint density at radius 2 is 1.40 bits per heavy atom. The van der Waals surface area contributed by atoms with E-state index in [-0.39, 0.29) is 0 Å². The van der Waals surface area contributed by atoms with Gasteiger partial charge in [0.25, 0.3) is 0 Å². The van der Waals surface area contributed by atoms with Crippen molar-refractivity contribution in [1.82, 2.24) is 0 Å². The highest BCUT2D eigenvalue weighted by atomic mass is 28.3. The van der Waals surface area contributed by atoms with E-state index in [1.807, 2.05) is 14.2 Å². The second kappa shape index (κ2) is 4.98. The molecule has 0 aromatic carbocycles. The van der Waals surface area contributed by atoms with E-state index in [0.717, 1.165) is 0 Å². The average molecular weight is 230 g/mol. The summed E-state index contributed by atoms with van der Waals surface area (Å²) in [6.07, 6.45) is 6.64. The molecular weight excluding hydrogens is 204 g/mol. The van der Waals surface area contributed by atoms with E-state index in [0.29, 0.717) is 10.5 Å². The van der Waals surface area contributed by atoms with Crippen molar-refractivity contribution in [3.63, 3.8) is 0 Å². The van der Waals surface area contributed by atoms with E-state index in [9.17, 15) is 0 Å². The zero-order chi connectivity index (χ0) is 11.5. The van der Waals surface area contributed by atoms with E-state index >= 15 is 0 Å². The molecule has 0 amide bonds. The van der Waals surface area contributed by atoms with Gasteiger partial charge in [0, 0.05) is 19.3 Å². The van der Waals surface area contributed by atoms with Crippen LogP contribution in [0.3, 0.4) is 0 Å². The van der Waals surface area contributed by atoms with Crippen molar-refractivity contribution in [1.29, 1.82) is 0 Å². The fourth-order valence-corrected chi connectivity index (χ4v) is 5.75. The molecule has 0 heterocycles. The maximum atomic E-state index is 5.69. The molecule has 0 aromatic rings. The summed E-state index contributed by atoms with van der Waals surface area (Å²) in [6, 6.07) is 0. The third-order valence-corrected chi connectivity index (χ3v) is 7.32. The summed E-state index contributed by atoms with van der Waals surface area (Å²) in [6.45, 7) is 7.03. The fraction of sp³-hybridized carbons (Fsp3) is 1.00. The Kier molecular flexibility index (Phi) is 4.38. The largest absolute Gasteiger partial charge is 0.400 e. The van der Waals surface area contributed by atoms with Crippen LogP contribution < -0.4 is 0 Å². The molecule has 1 aliphatic carbocycles. The van der Waals surface area contributed by atoms with Gasteiger partial charge in [-0.1, -0.05) is 40.0 Å². The molecule has 1 aliphatic rings. The number of hydrogen-bond donors (Lipinski definition) is 0. The predicted octanol–water partition coefficient (Wildman–Crippen LogP) is 3.25. The van der Waals surface area contributed by atoms with Crippen LogP contribution in [0.1, 0.15) is 52.9 Å². The molecule has 1 saturated carbocycles. The summed E-state index contributed by atoms with van der Waals surface area (Å²) in [5, 5.41) is 0.328. The second-order valence-electron chi connectivity index (χ2n) is 5.77. The minimum atomic E-state index is -1.53. The van der Waals surface area contributed by atoms with Crippen molar-refractivity contribution < 1.29 is 8.85 Å². The molecule has 0 radical (unpaired) electrons. The summed E-state index contributed by atoms with van der Waals surface area (Å²) < 4.78 is 11.4. The Morgan fingerprint density at radius 1 is 0.933 bits per heavy atom. The first kappa shape index (κ1) is 13.2. The van der Waals surface area contributed by atoms with Crippen molar-refractivity contribution in [2.24, 2.45) is 5.41 Å². The Morgan fingerprint density at radius 3 is 1.73 bits per heavy atom. The monoisotopic (exact) mass is 230 g/mol. The summed E-state index contributed by atoms with van der Waals surface area (Å²) in [5.74, 6) is 0. The predicted molar refractivity (Wildman–Crippen MR) is 66.4 cm³/mol. The Labute approximate surface area is 96.2 Å². The van der Waals surface area contributed by atoms with Crippen LogP contribution in [0.15, 0.2) is 0 Å². The van der Waals surface area contributed by atoms with Crippen LogP contribution in [0.4, 0.5) is 0 Å². The lowest BCUT2D eigenvalue weighted by Crippen LogP contribution is -2.46. The quantitative estimate of drug-likeness (QED) is 0.693. The molecule has 3 heteroatoms. The van der Waals surface area contributed by atoms with Gasteiger partial charge in [0.2, 0.25) is 0 Å². The minimum Gasteiger partial charge on any atom is -0.400 e. The molecule has 90 valence electrons. The van der Waals surface area contributed by atoms with Gasteiger partial charge >= 0.3 is 9.28 Å². The standard InChI is InChI=1S/C12H26O2Si/c1-11(2,3)12(15(13-4)14-5)9-7-6-8-10-12/h15H,6-10H2,1-5H3. The van der Waals surface area contributed by atoms with Crippen molar-refractivity contribution in [3.05, 3.63) is 0 Å². The molecule has 15 heavy (non-hydrogen) atoms. The van der Waals surface area contributed by atoms with E-state index in [1.165, 1.54) is 32.1 Å². The van der Waals surface area contributed by atoms with Gasteiger partial charge in [0.05, 0.1) is 0 Å². The first-order valence-electron chi connectivity index (χ1n) is 6.03. The molecule has 2 nitrogen and oxygen atoms in total. The van der Waals surface area contributed by atoms with Crippen LogP contribution in [0, 0.1) is 5.41 Å². The Balaban J connectivity index is 2.93. The Bertz CT molecular complexity index is 188. The van der Waals surface area contributed by atoms with Crippen molar-refractivity contribution in [2.45, 2.75) is 57.9 Å². The normalized spacial score (nSPS) is 22.0. The number of rotatable bonds is 3. The lowest BCUT2D eigenvalue weighted by Gasteiger charge is -2.49. The lowest BCUT2D eigenvalue weighted by molar-refractivity contribution is 0.125. The van der Waals surface area contributed by atoms with Crippen LogP contribution in [0.5, 0.6) is 0 Å². The van der Waals surface area contributed by atoms with E-state index < -0.39 is 9.28 Å². The highest BCUT2D eigenvalue weighted by molar-refractivity contribution is 6.49. The third kappa shape index (κ3) is 2.45. The van der Waals surface area contributed by atoms with Gasteiger partial charge in [-0.15, -0.1) is 0 Å². The first-order valence-corrected chi connectivity index (χ1v) is 7.55. The van der Waals surface area contributed by atoms with E-state index in [1.54, 1.807) is 0 Å². The Hall–Kier alpha value is 0.137. The van der Waals surface area contributed by atoms with Crippen LogP contribution in [0.25, 0.3) is 0 Å². The van der Waals surface area contributed by atoms with Crippen LogP contribution in [-0.4, -0.2) is 23.5 Å². The lowest BCUT2D eigenvalue weighted by atomic mass is 9.71. The summed E-state index contributed by atoms with van der Waals surface area (Å²) in [5.41, 5.74) is 0.302. The molecule has 1 rings (SSSR count). The smallest absolute Gasteiger partial charge is 0.327 e. The summed E-state index contributed by atoms with van der Waals surface area (Å²) >= 11 is 0. The van der Waals surface area contributed by atoms with Crippen molar-refractivity contribution >= 4 is 9.28 Å². The topological polar surface area (TPSA) is 18.5 Å². The van der Waals surface area contributed by atoms with E-state index in [2.05, 4.69) is 20.8 Å². The summed E-state index contributed by atoms with van der Waals surface area (Å²) in [4.78, 5) is 0. The molecule has 0 bridgehead atoms. The zero-order valence-electron chi connectivity index (χ0n) is 10.9. The highest BCUT2D eigenvalue weighted by Crippen LogP contribution is 2.57. The van der Waals surface area contributed by atoms with E-state index in [4.69, 9.17) is 8.85 Å². The zero-order valence-corrected chi connectivity index (χ0v) is 12.1. The maximum absolute atomic E-state index is 5.69. The SMILES string of the molecule is CO[SiH](OC)C1(C(C)(C)C)CCCCC1. The van der Waals surface area contributed by atoms with Crippen LogP contribution in [0.2, 0.25) is 5.04 Å². The fourth-order valence-electron chi connectivity index (χ4n) is 3.07. The van der Waals surface area contributed by atoms with Gasteiger partial charge in [-0.3, -0.25) is 0 Å². The molecular formula is C12H26O2Si. The molecule has 0 spiro atoms. The molecule has 0 N–H and O–H groups in total. The molecule has 0 atom stereocenters. The van der Waals surface area contributed by atoms with Gasteiger partial charge in [-0.05, 0) is 18.3 Å². The second-order valence-corrected chi connectivity index (χ2v) is 8.48. The van der Waals surface area contributed by atoms with Gasteiger partial charge in [0.1, 0.15) is 0 Å². The molecule has 0 aliphatic heterocycles. The van der Waals surface area contributed by atoms with Crippen molar-refractivity contribution in [2.75, 3.05) is 14.2 Å². The van der Waals surface area contributed by atoms with Gasteiger partial charge in [-0.2, -0.15) is 0 Å². The summed E-state index contributed by atoms with van der Waals surface area (Å²) in [7, 11) is 2.11. The molecule has 1 fully saturated rings.